The molecule has 2 rings (SSSR count). The van der Waals surface area contributed by atoms with Gasteiger partial charge in [-0.2, -0.15) is 0 Å². The molecule has 0 amide bonds. The summed E-state index contributed by atoms with van der Waals surface area (Å²) in [5.74, 6) is 0. The average Bonchev–Trinajstić information content (AvgIpc) is 2.97. The van der Waals surface area contributed by atoms with Gasteiger partial charge in [-0.3, -0.25) is 0 Å². The Morgan fingerprint density at radius 1 is 1.53 bits per heavy atom. The van der Waals surface area contributed by atoms with E-state index in [9.17, 15) is 5.11 Å². The van der Waals surface area contributed by atoms with Gasteiger partial charge in [-0.25, -0.2) is 4.98 Å². The van der Waals surface area contributed by atoms with Gasteiger partial charge in [0.05, 0.1) is 24.3 Å². The zero-order valence-electron chi connectivity index (χ0n) is 10.0. The fraction of sp³-hybridized carbons (Fsp3) is 0.462. The average molecular weight is 250 g/mol. The minimum Gasteiger partial charge on any atom is -0.387 e. The molecule has 2 aromatic heterocycles. The van der Waals surface area contributed by atoms with Crippen molar-refractivity contribution in [3.63, 3.8) is 0 Å². The largest absolute Gasteiger partial charge is 0.387 e. The second kappa shape index (κ2) is 5.98. The summed E-state index contributed by atoms with van der Waals surface area (Å²) >= 11 is 1.74. The van der Waals surface area contributed by atoms with E-state index in [-0.39, 0.29) is 0 Å². The first-order chi connectivity index (χ1) is 8.31. The van der Waals surface area contributed by atoms with Crippen LogP contribution < -0.4 is 0 Å². The van der Waals surface area contributed by atoms with Gasteiger partial charge < -0.3 is 9.67 Å². The number of hydrogen-bond acceptors (Lipinski definition) is 3. The summed E-state index contributed by atoms with van der Waals surface area (Å²) in [6.07, 6.45) is 5.90. The topological polar surface area (TPSA) is 38.0 Å². The molecular formula is C13H18N2OS. The molecule has 2 aromatic rings. The third-order valence-electron chi connectivity index (χ3n) is 2.79. The minimum atomic E-state index is -0.411. The maximum atomic E-state index is 10.2. The van der Waals surface area contributed by atoms with Gasteiger partial charge in [0.2, 0.25) is 0 Å². The summed E-state index contributed by atoms with van der Waals surface area (Å²) in [6.45, 7) is 3.05. The van der Waals surface area contributed by atoms with Crippen molar-refractivity contribution in [1.29, 1.82) is 0 Å². The second-order valence-electron chi connectivity index (χ2n) is 4.15. The Morgan fingerprint density at radius 3 is 3.12 bits per heavy atom. The fourth-order valence-electron chi connectivity index (χ4n) is 1.92. The number of imidazole rings is 1. The van der Waals surface area contributed by atoms with Gasteiger partial charge in [0, 0.05) is 11.4 Å². The molecule has 0 aromatic carbocycles. The van der Waals surface area contributed by atoms with Gasteiger partial charge in [-0.15, -0.1) is 11.3 Å². The van der Waals surface area contributed by atoms with Crippen LogP contribution in [0.15, 0.2) is 30.0 Å². The number of aryl methyl sites for hydroxylation is 2. The van der Waals surface area contributed by atoms with E-state index in [4.69, 9.17) is 0 Å². The zero-order chi connectivity index (χ0) is 12.1. The summed E-state index contributed by atoms with van der Waals surface area (Å²) in [5, 5.41) is 12.2. The van der Waals surface area contributed by atoms with Crippen molar-refractivity contribution in [3.05, 3.63) is 40.6 Å². The molecule has 0 spiro atoms. The molecule has 1 N–H and O–H groups in total. The van der Waals surface area contributed by atoms with E-state index in [1.807, 2.05) is 10.6 Å². The first-order valence-corrected chi connectivity index (χ1v) is 6.89. The van der Waals surface area contributed by atoms with Crippen molar-refractivity contribution in [3.8, 4) is 0 Å². The number of hydrogen-bond donors (Lipinski definition) is 1. The van der Waals surface area contributed by atoms with E-state index >= 15 is 0 Å². The summed E-state index contributed by atoms with van der Waals surface area (Å²) < 4.78 is 2.04. The Labute approximate surface area is 106 Å². The van der Waals surface area contributed by atoms with Crippen LogP contribution in [-0.2, 0) is 13.0 Å². The third kappa shape index (κ3) is 3.17. The molecule has 0 bridgehead atoms. The van der Waals surface area contributed by atoms with E-state index in [0.717, 1.165) is 31.5 Å². The predicted molar refractivity (Wildman–Crippen MR) is 70.1 cm³/mol. The number of aliphatic hydroxyl groups is 1. The Balaban J connectivity index is 1.94. The first-order valence-electron chi connectivity index (χ1n) is 6.01. The maximum Gasteiger partial charge on any atom is 0.0959 e. The standard InChI is InChI=1S/C13H18N2OS/c1-2-7-15-10-14-9-12(15)13(16)6-5-11-4-3-8-17-11/h3-4,8-10,13,16H,2,5-7H2,1H3. The molecule has 0 fully saturated rings. The quantitative estimate of drug-likeness (QED) is 0.855. The number of nitrogens with zero attached hydrogens (tertiary/aromatic N) is 2. The van der Waals surface area contributed by atoms with Crippen LogP contribution in [0.4, 0.5) is 0 Å². The highest BCUT2D eigenvalue weighted by Gasteiger charge is 2.12. The molecular weight excluding hydrogens is 232 g/mol. The van der Waals surface area contributed by atoms with Crippen LogP contribution in [0.1, 0.15) is 36.4 Å². The van der Waals surface area contributed by atoms with E-state index in [1.54, 1.807) is 23.9 Å². The molecule has 0 radical (unpaired) electrons. The first kappa shape index (κ1) is 12.3. The molecule has 1 unspecified atom stereocenters. The van der Waals surface area contributed by atoms with E-state index in [0.29, 0.717) is 0 Å². The summed E-state index contributed by atoms with van der Waals surface area (Å²) in [4.78, 5) is 5.44. The molecule has 0 saturated heterocycles. The van der Waals surface area contributed by atoms with Gasteiger partial charge >= 0.3 is 0 Å². The van der Waals surface area contributed by atoms with Crippen LogP contribution in [0.25, 0.3) is 0 Å². The van der Waals surface area contributed by atoms with E-state index in [1.165, 1.54) is 4.88 Å². The minimum absolute atomic E-state index is 0.411. The second-order valence-corrected chi connectivity index (χ2v) is 5.18. The lowest BCUT2D eigenvalue weighted by Gasteiger charge is -2.12. The molecule has 0 aliphatic heterocycles. The van der Waals surface area contributed by atoms with Crippen molar-refractivity contribution in [2.45, 2.75) is 38.8 Å². The highest BCUT2D eigenvalue weighted by molar-refractivity contribution is 7.09. The van der Waals surface area contributed by atoms with Gasteiger partial charge in [-0.05, 0) is 30.7 Å². The SMILES string of the molecule is CCCn1cncc1C(O)CCc1cccs1. The summed E-state index contributed by atoms with van der Waals surface area (Å²) in [5.41, 5.74) is 0.934. The van der Waals surface area contributed by atoms with Crippen LogP contribution in [-0.4, -0.2) is 14.7 Å². The lowest BCUT2D eigenvalue weighted by molar-refractivity contribution is 0.158. The molecule has 4 heteroatoms. The van der Waals surface area contributed by atoms with Crippen molar-refractivity contribution in [2.75, 3.05) is 0 Å². The lowest BCUT2D eigenvalue weighted by atomic mass is 10.1. The molecule has 0 aliphatic rings. The Morgan fingerprint density at radius 2 is 2.41 bits per heavy atom. The number of aromatic nitrogens is 2. The van der Waals surface area contributed by atoms with Crippen LogP contribution in [0.3, 0.4) is 0 Å². The molecule has 0 saturated carbocycles. The van der Waals surface area contributed by atoms with Crippen LogP contribution in [0.2, 0.25) is 0 Å². The number of thiophene rings is 1. The maximum absolute atomic E-state index is 10.2. The van der Waals surface area contributed by atoms with Crippen molar-refractivity contribution < 1.29 is 5.11 Å². The molecule has 3 nitrogen and oxygen atoms in total. The summed E-state index contributed by atoms with van der Waals surface area (Å²) in [6, 6.07) is 4.16. The van der Waals surface area contributed by atoms with Gasteiger partial charge in [-0.1, -0.05) is 13.0 Å². The molecule has 2 heterocycles. The number of rotatable bonds is 6. The molecule has 0 aliphatic carbocycles. The van der Waals surface area contributed by atoms with E-state index < -0.39 is 6.10 Å². The van der Waals surface area contributed by atoms with Gasteiger partial charge in [0.1, 0.15) is 0 Å². The van der Waals surface area contributed by atoms with Gasteiger partial charge in [0.25, 0.3) is 0 Å². The van der Waals surface area contributed by atoms with Gasteiger partial charge in [0.15, 0.2) is 0 Å². The molecule has 1 atom stereocenters. The van der Waals surface area contributed by atoms with Crippen LogP contribution >= 0.6 is 11.3 Å². The van der Waals surface area contributed by atoms with Crippen LogP contribution in [0, 0.1) is 0 Å². The Bertz CT molecular complexity index is 436. The zero-order valence-corrected chi connectivity index (χ0v) is 10.9. The van der Waals surface area contributed by atoms with Crippen LogP contribution in [0.5, 0.6) is 0 Å². The smallest absolute Gasteiger partial charge is 0.0959 e. The van der Waals surface area contributed by atoms with Crippen molar-refractivity contribution in [1.82, 2.24) is 9.55 Å². The monoisotopic (exact) mass is 250 g/mol. The van der Waals surface area contributed by atoms with Crippen molar-refractivity contribution >= 4 is 11.3 Å². The van der Waals surface area contributed by atoms with Crippen molar-refractivity contribution in [2.24, 2.45) is 0 Å². The predicted octanol–water partition coefficient (Wildman–Crippen LogP) is 3.02. The third-order valence-corrected chi connectivity index (χ3v) is 3.73. The normalized spacial score (nSPS) is 12.8. The van der Waals surface area contributed by atoms with E-state index in [2.05, 4.69) is 23.4 Å². The highest BCUT2D eigenvalue weighted by atomic mass is 32.1. The fourth-order valence-corrected chi connectivity index (χ4v) is 2.64. The lowest BCUT2D eigenvalue weighted by Crippen LogP contribution is -2.07. The Kier molecular flexibility index (Phi) is 4.34. The molecule has 92 valence electrons. The number of aliphatic hydroxyl groups excluding tert-OH is 1. The highest BCUT2D eigenvalue weighted by Crippen LogP contribution is 2.20. The summed E-state index contributed by atoms with van der Waals surface area (Å²) in [7, 11) is 0. The Hall–Kier alpha value is -1.13. The molecule has 17 heavy (non-hydrogen) atoms.